The number of benzene rings is 1. The van der Waals surface area contributed by atoms with Crippen LogP contribution in [0.4, 0.5) is 19.3 Å². The first-order valence-electron chi connectivity index (χ1n) is 5.17. The number of carbonyl (C=O) groups is 1. The van der Waals surface area contributed by atoms with Crippen molar-refractivity contribution in [3.63, 3.8) is 0 Å². The van der Waals surface area contributed by atoms with Crippen LogP contribution in [0.2, 0.25) is 0 Å². The van der Waals surface area contributed by atoms with Gasteiger partial charge < -0.3 is 10.6 Å². The van der Waals surface area contributed by atoms with E-state index in [1.807, 2.05) is 16.8 Å². The van der Waals surface area contributed by atoms with Crippen molar-refractivity contribution in [3.05, 3.63) is 52.2 Å². The van der Waals surface area contributed by atoms with Gasteiger partial charge in [0.15, 0.2) is 0 Å². The van der Waals surface area contributed by atoms with E-state index in [0.717, 1.165) is 17.7 Å². The Bertz CT molecular complexity index is 523. The summed E-state index contributed by atoms with van der Waals surface area (Å²) in [5.41, 5.74) is 0.490. The number of rotatable bonds is 3. The Morgan fingerprint density at radius 2 is 1.94 bits per heavy atom. The molecule has 2 aromatic rings. The summed E-state index contributed by atoms with van der Waals surface area (Å²) in [5, 5.41) is 8.41. The van der Waals surface area contributed by atoms with Crippen LogP contribution >= 0.6 is 11.3 Å². The highest BCUT2D eigenvalue weighted by Crippen LogP contribution is 2.17. The molecule has 1 aromatic heterocycles. The molecular formula is C12H10F2N2OS. The third-order valence-electron chi connectivity index (χ3n) is 2.23. The van der Waals surface area contributed by atoms with Gasteiger partial charge in [-0.1, -0.05) is 6.07 Å². The van der Waals surface area contributed by atoms with E-state index in [2.05, 4.69) is 10.6 Å². The fraction of sp³-hybridized carbons (Fsp3) is 0.0833. The highest BCUT2D eigenvalue weighted by Gasteiger charge is 2.11. The fourth-order valence-corrected chi connectivity index (χ4v) is 2.02. The van der Waals surface area contributed by atoms with Crippen LogP contribution in [0.1, 0.15) is 5.56 Å². The van der Waals surface area contributed by atoms with Crippen LogP contribution in [0.5, 0.6) is 0 Å². The van der Waals surface area contributed by atoms with Crippen molar-refractivity contribution in [2.24, 2.45) is 0 Å². The van der Waals surface area contributed by atoms with Gasteiger partial charge in [0, 0.05) is 6.54 Å². The Labute approximate surface area is 106 Å². The van der Waals surface area contributed by atoms with E-state index in [4.69, 9.17) is 0 Å². The molecule has 1 heterocycles. The molecule has 0 saturated heterocycles. The number of para-hydroxylation sites is 1. The molecule has 94 valence electrons. The predicted molar refractivity (Wildman–Crippen MR) is 66.5 cm³/mol. The second-order valence-electron chi connectivity index (χ2n) is 3.54. The number of urea groups is 1. The van der Waals surface area contributed by atoms with E-state index < -0.39 is 23.4 Å². The predicted octanol–water partition coefficient (Wildman–Crippen LogP) is 3.35. The van der Waals surface area contributed by atoms with Crippen LogP contribution in [-0.2, 0) is 6.54 Å². The van der Waals surface area contributed by atoms with Crippen LogP contribution in [0.25, 0.3) is 0 Å². The summed E-state index contributed by atoms with van der Waals surface area (Å²) in [6.45, 7) is 0.311. The van der Waals surface area contributed by atoms with Gasteiger partial charge in [-0.25, -0.2) is 13.6 Å². The van der Waals surface area contributed by atoms with Crippen LogP contribution in [0, 0.1) is 11.6 Å². The zero-order valence-electron chi connectivity index (χ0n) is 9.24. The van der Waals surface area contributed by atoms with E-state index in [-0.39, 0.29) is 0 Å². The normalized spacial score (nSPS) is 10.1. The number of nitrogens with one attached hydrogen (secondary N) is 2. The highest BCUT2D eigenvalue weighted by atomic mass is 32.1. The molecule has 0 radical (unpaired) electrons. The number of anilines is 1. The summed E-state index contributed by atoms with van der Waals surface area (Å²) in [6.07, 6.45) is 0. The molecule has 2 rings (SSSR count). The molecule has 0 aliphatic heterocycles. The van der Waals surface area contributed by atoms with E-state index in [1.54, 1.807) is 0 Å². The maximum absolute atomic E-state index is 13.2. The van der Waals surface area contributed by atoms with Crippen molar-refractivity contribution >= 4 is 23.1 Å². The summed E-state index contributed by atoms with van der Waals surface area (Å²) in [6, 6.07) is 4.60. The summed E-state index contributed by atoms with van der Waals surface area (Å²) in [5.74, 6) is -1.61. The van der Waals surface area contributed by atoms with Crippen molar-refractivity contribution in [2.45, 2.75) is 6.54 Å². The Hall–Kier alpha value is -1.95. The molecule has 0 aliphatic rings. The molecule has 0 saturated carbocycles. The summed E-state index contributed by atoms with van der Waals surface area (Å²) >= 11 is 1.51. The fourth-order valence-electron chi connectivity index (χ4n) is 1.35. The van der Waals surface area contributed by atoms with Gasteiger partial charge in [0.25, 0.3) is 0 Å². The smallest absolute Gasteiger partial charge is 0.319 e. The number of amides is 2. The lowest BCUT2D eigenvalue weighted by molar-refractivity contribution is 0.251. The first kappa shape index (κ1) is 12.5. The average molecular weight is 268 g/mol. The van der Waals surface area contributed by atoms with Gasteiger partial charge in [0.05, 0.1) is 0 Å². The van der Waals surface area contributed by atoms with E-state index in [1.165, 1.54) is 17.4 Å². The number of hydrogen-bond donors (Lipinski definition) is 2. The van der Waals surface area contributed by atoms with Gasteiger partial charge in [-0.05, 0) is 34.5 Å². The third kappa shape index (κ3) is 3.04. The van der Waals surface area contributed by atoms with Crippen molar-refractivity contribution < 1.29 is 13.6 Å². The van der Waals surface area contributed by atoms with Crippen LogP contribution in [0.15, 0.2) is 35.0 Å². The zero-order chi connectivity index (χ0) is 13.0. The minimum Gasteiger partial charge on any atom is -0.334 e. The quantitative estimate of drug-likeness (QED) is 0.880. The minimum absolute atomic E-state index is 0.311. The molecule has 1 aromatic carbocycles. The van der Waals surface area contributed by atoms with Gasteiger partial charge in [0.2, 0.25) is 0 Å². The Morgan fingerprint density at radius 3 is 2.56 bits per heavy atom. The molecule has 0 fully saturated rings. The van der Waals surface area contributed by atoms with Crippen molar-refractivity contribution in [1.29, 1.82) is 0 Å². The minimum atomic E-state index is -0.805. The first-order valence-corrected chi connectivity index (χ1v) is 6.11. The number of carbonyl (C=O) groups excluding carboxylic acids is 1. The molecule has 0 atom stereocenters. The topological polar surface area (TPSA) is 41.1 Å². The van der Waals surface area contributed by atoms with Crippen LogP contribution < -0.4 is 10.6 Å². The van der Waals surface area contributed by atoms with Gasteiger partial charge in [-0.3, -0.25) is 0 Å². The number of thiophene rings is 1. The third-order valence-corrected chi connectivity index (χ3v) is 2.97. The summed E-state index contributed by atoms with van der Waals surface area (Å²) in [7, 11) is 0. The van der Waals surface area contributed by atoms with Crippen LogP contribution in [0.3, 0.4) is 0 Å². The van der Waals surface area contributed by atoms with E-state index in [0.29, 0.717) is 6.54 Å². The molecule has 6 heteroatoms. The lowest BCUT2D eigenvalue weighted by atomic mass is 10.3. The lowest BCUT2D eigenvalue weighted by Gasteiger charge is -2.08. The lowest BCUT2D eigenvalue weighted by Crippen LogP contribution is -2.28. The average Bonchev–Trinajstić information content (AvgIpc) is 2.84. The standard InChI is InChI=1S/C12H10F2N2OS/c13-9-2-1-3-10(14)11(9)16-12(17)15-6-8-4-5-18-7-8/h1-5,7H,6H2,(H2,15,16,17). The molecule has 3 nitrogen and oxygen atoms in total. The van der Waals surface area contributed by atoms with Gasteiger partial charge in [-0.15, -0.1) is 0 Å². The molecule has 0 spiro atoms. The van der Waals surface area contributed by atoms with Crippen molar-refractivity contribution in [3.8, 4) is 0 Å². The first-order chi connectivity index (χ1) is 8.66. The largest absolute Gasteiger partial charge is 0.334 e. The molecule has 0 bridgehead atoms. The van der Waals surface area contributed by atoms with Gasteiger partial charge >= 0.3 is 6.03 Å². The molecule has 18 heavy (non-hydrogen) atoms. The SMILES string of the molecule is O=C(NCc1ccsc1)Nc1c(F)cccc1F. The molecule has 0 aliphatic carbocycles. The van der Waals surface area contributed by atoms with Crippen molar-refractivity contribution in [1.82, 2.24) is 5.32 Å². The van der Waals surface area contributed by atoms with E-state index >= 15 is 0 Å². The monoisotopic (exact) mass is 268 g/mol. The van der Waals surface area contributed by atoms with E-state index in [9.17, 15) is 13.6 Å². The highest BCUT2D eigenvalue weighted by molar-refractivity contribution is 7.07. The van der Waals surface area contributed by atoms with Crippen molar-refractivity contribution in [2.75, 3.05) is 5.32 Å². The molecule has 2 N–H and O–H groups in total. The zero-order valence-corrected chi connectivity index (χ0v) is 10.1. The summed E-state index contributed by atoms with van der Waals surface area (Å²) < 4.78 is 26.5. The molecular weight excluding hydrogens is 258 g/mol. The Morgan fingerprint density at radius 1 is 1.22 bits per heavy atom. The van der Waals surface area contributed by atoms with Crippen LogP contribution in [-0.4, -0.2) is 6.03 Å². The Kier molecular flexibility index (Phi) is 3.88. The van der Waals surface area contributed by atoms with Gasteiger partial charge in [0.1, 0.15) is 17.3 Å². The number of hydrogen-bond acceptors (Lipinski definition) is 2. The summed E-state index contributed by atoms with van der Waals surface area (Å²) in [4.78, 5) is 11.5. The Balaban J connectivity index is 1.95. The second-order valence-corrected chi connectivity index (χ2v) is 4.32. The van der Waals surface area contributed by atoms with Gasteiger partial charge in [-0.2, -0.15) is 11.3 Å². The maximum Gasteiger partial charge on any atom is 0.319 e. The maximum atomic E-state index is 13.2. The molecule has 0 unspecified atom stereocenters. The molecule has 2 amide bonds. The second kappa shape index (κ2) is 5.59. The number of halogens is 2.